The highest BCUT2D eigenvalue weighted by molar-refractivity contribution is 6.25. The normalized spacial score (nSPS) is 18.7. The number of benzene rings is 7. The Balaban J connectivity index is 1.00. The Labute approximate surface area is 281 Å². The quantitative estimate of drug-likeness (QED) is 0.174. The van der Waals surface area contributed by atoms with Gasteiger partial charge in [0.1, 0.15) is 0 Å². The number of fused-ring (bicyclic) bond motifs is 2. The Morgan fingerprint density at radius 3 is 2.06 bits per heavy atom. The first-order chi connectivity index (χ1) is 23.8. The van der Waals surface area contributed by atoms with Gasteiger partial charge in [-0.15, -0.1) is 0 Å². The van der Waals surface area contributed by atoms with Crippen molar-refractivity contribution in [2.24, 2.45) is 5.92 Å². The summed E-state index contributed by atoms with van der Waals surface area (Å²) in [6.45, 7) is 0. The Hall–Kier alpha value is -5.72. The maximum Gasteiger partial charge on any atom is 0.0142 e. The van der Waals surface area contributed by atoms with Gasteiger partial charge >= 0.3 is 0 Å². The number of hydrogen-bond donors (Lipinski definition) is 0. The molecule has 0 spiro atoms. The van der Waals surface area contributed by atoms with Crippen molar-refractivity contribution in [2.45, 2.75) is 18.8 Å². The molecule has 0 saturated heterocycles. The third-order valence-corrected chi connectivity index (χ3v) is 10.9. The second-order valence-corrected chi connectivity index (χ2v) is 13.5. The molecule has 0 saturated carbocycles. The standard InChI is InChI=1S/C48H34/c1-2-9-34(10-3-1)46-40-13-4-6-15-42(40)47(43-16-7-5-14-41(43)46)37-23-19-32(20-24-37)31-17-21-33(22-18-31)39-29-27-38-26-25-35-11-8-12-36-28-30-44(39)48(38)45(35)36/h1-15,17-19,21-30,32,43H,16,20H2. The molecule has 0 heterocycles. The minimum atomic E-state index is 0.358. The SMILES string of the molecule is C1=CCC2C(=C1)C(c1ccccc1)=c1ccccc1=C2C1=CCC(c2ccc(-c3ccc4ccc5cccc6ccc3c4c56)cc2)C=C1. The first kappa shape index (κ1) is 27.4. The summed E-state index contributed by atoms with van der Waals surface area (Å²) in [6, 6.07) is 49.6. The van der Waals surface area contributed by atoms with Gasteiger partial charge < -0.3 is 0 Å². The van der Waals surface area contributed by atoms with E-state index in [9.17, 15) is 0 Å². The molecule has 0 aliphatic heterocycles. The summed E-state index contributed by atoms with van der Waals surface area (Å²) < 4.78 is 0. The smallest absolute Gasteiger partial charge is 0.0142 e. The lowest BCUT2D eigenvalue weighted by atomic mass is 9.71. The summed E-state index contributed by atoms with van der Waals surface area (Å²) in [5.41, 5.74) is 10.9. The molecular weight excluding hydrogens is 577 g/mol. The van der Waals surface area contributed by atoms with E-state index in [1.165, 1.54) is 87.3 Å². The van der Waals surface area contributed by atoms with Crippen LogP contribution in [0.5, 0.6) is 0 Å². The zero-order valence-corrected chi connectivity index (χ0v) is 26.7. The molecule has 226 valence electrons. The second kappa shape index (κ2) is 10.9. The van der Waals surface area contributed by atoms with Gasteiger partial charge in [0.05, 0.1) is 0 Å². The molecule has 10 rings (SSSR count). The molecular formula is C48H34. The van der Waals surface area contributed by atoms with Crippen LogP contribution in [0.3, 0.4) is 0 Å². The van der Waals surface area contributed by atoms with E-state index in [1.54, 1.807) is 0 Å². The van der Waals surface area contributed by atoms with Crippen molar-refractivity contribution in [1.29, 1.82) is 0 Å². The van der Waals surface area contributed by atoms with Gasteiger partial charge in [0.2, 0.25) is 0 Å². The Morgan fingerprint density at radius 1 is 0.542 bits per heavy atom. The largest absolute Gasteiger partial charge is 0.0836 e. The van der Waals surface area contributed by atoms with Crippen molar-refractivity contribution in [3.8, 4) is 11.1 Å². The lowest BCUT2D eigenvalue weighted by Crippen LogP contribution is -2.38. The summed E-state index contributed by atoms with van der Waals surface area (Å²) in [5.74, 6) is 0.730. The number of hydrogen-bond acceptors (Lipinski definition) is 0. The molecule has 7 aromatic carbocycles. The van der Waals surface area contributed by atoms with Crippen LogP contribution in [-0.2, 0) is 0 Å². The van der Waals surface area contributed by atoms with Crippen LogP contribution < -0.4 is 10.4 Å². The maximum absolute atomic E-state index is 2.50. The van der Waals surface area contributed by atoms with Crippen molar-refractivity contribution in [1.82, 2.24) is 0 Å². The predicted molar refractivity (Wildman–Crippen MR) is 204 cm³/mol. The van der Waals surface area contributed by atoms with Crippen LogP contribution in [0, 0.1) is 5.92 Å². The van der Waals surface area contributed by atoms with Gasteiger partial charge in [-0.25, -0.2) is 0 Å². The van der Waals surface area contributed by atoms with Crippen molar-refractivity contribution in [3.05, 3.63) is 203 Å². The fourth-order valence-electron chi connectivity index (χ4n) is 8.69. The number of rotatable bonds is 4. The molecule has 2 atom stereocenters. The van der Waals surface area contributed by atoms with Crippen molar-refractivity contribution in [2.75, 3.05) is 0 Å². The fourth-order valence-corrected chi connectivity index (χ4v) is 8.69. The molecule has 0 amide bonds. The van der Waals surface area contributed by atoms with E-state index in [4.69, 9.17) is 0 Å². The third-order valence-electron chi connectivity index (χ3n) is 10.9. The van der Waals surface area contributed by atoms with Crippen LogP contribution in [0.4, 0.5) is 0 Å². The summed E-state index contributed by atoms with van der Waals surface area (Å²) in [5, 5.41) is 10.7. The van der Waals surface area contributed by atoms with Crippen LogP contribution in [0.15, 0.2) is 181 Å². The van der Waals surface area contributed by atoms with Gasteiger partial charge in [-0.1, -0.05) is 170 Å². The van der Waals surface area contributed by atoms with E-state index >= 15 is 0 Å². The van der Waals surface area contributed by atoms with Crippen molar-refractivity contribution >= 4 is 43.5 Å². The first-order valence-electron chi connectivity index (χ1n) is 17.2. The van der Waals surface area contributed by atoms with Gasteiger partial charge in [-0.05, 0) is 100 Å². The van der Waals surface area contributed by atoms with Gasteiger partial charge in [0, 0.05) is 11.8 Å². The van der Waals surface area contributed by atoms with Crippen LogP contribution in [0.2, 0.25) is 0 Å². The van der Waals surface area contributed by atoms with E-state index in [0.717, 1.165) is 12.8 Å². The predicted octanol–water partition coefficient (Wildman–Crippen LogP) is 10.8. The highest BCUT2D eigenvalue weighted by atomic mass is 14.3. The van der Waals surface area contributed by atoms with Gasteiger partial charge in [0.15, 0.2) is 0 Å². The molecule has 3 aliphatic rings. The van der Waals surface area contributed by atoms with E-state index in [2.05, 4.69) is 170 Å². The summed E-state index contributed by atoms with van der Waals surface area (Å²) >= 11 is 0. The lowest BCUT2D eigenvalue weighted by Gasteiger charge is -2.32. The molecule has 48 heavy (non-hydrogen) atoms. The topological polar surface area (TPSA) is 0 Å². The second-order valence-electron chi connectivity index (χ2n) is 13.5. The Bertz CT molecular complexity index is 2630. The summed E-state index contributed by atoms with van der Waals surface area (Å²) in [6.07, 6.45) is 16.3. The molecule has 0 fully saturated rings. The van der Waals surface area contributed by atoms with Gasteiger partial charge in [-0.3, -0.25) is 0 Å². The van der Waals surface area contributed by atoms with Crippen LogP contribution in [-0.4, -0.2) is 0 Å². The van der Waals surface area contributed by atoms with Crippen LogP contribution in [0.25, 0.3) is 54.6 Å². The average Bonchev–Trinajstić information content (AvgIpc) is 3.16. The van der Waals surface area contributed by atoms with Crippen molar-refractivity contribution in [3.63, 3.8) is 0 Å². The van der Waals surface area contributed by atoms with Gasteiger partial charge in [-0.2, -0.15) is 0 Å². The molecule has 7 aromatic rings. The van der Waals surface area contributed by atoms with E-state index in [0.29, 0.717) is 11.8 Å². The fraction of sp³-hybridized carbons (Fsp3) is 0.0833. The molecule has 0 nitrogen and oxygen atoms in total. The maximum atomic E-state index is 2.50. The minimum Gasteiger partial charge on any atom is -0.0836 e. The average molecular weight is 611 g/mol. The number of allylic oxidation sites excluding steroid dienone is 8. The first-order valence-corrected chi connectivity index (χ1v) is 17.2. The van der Waals surface area contributed by atoms with Crippen LogP contribution >= 0.6 is 0 Å². The molecule has 0 bridgehead atoms. The third kappa shape index (κ3) is 4.23. The molecule has 3 aliphatic carbocycles. The van der Waals surface area contributed by atoms with Crippen molar-refractivity contribution < 1.29 is 0 Å². The molecule has 2 unspecified atom stereocenters. The van der Waals surface area contributed by atoms with Crippen LogP contribution in [0.1, 0.15) is 29.9 Å². The van der Waals surface area contributed by atoms with E-state index in [-0.39, 0.29) is 0 Å². The zero-order valence-electron chi connectivity index (χ0n) is 26.7. The zero-order chi connectivity index (χ0) is 31.6. The highest BCUT2D eigenvalue weighted by Crippen LogP contribution is 2.43. The van der Waals surface area contributed by atoms with Gasteiger partial charge in [0.25, 0.3) is 0 Å². The van der Waals surface area contributed by atoms with E-state index < -0.39 is 0 Å². The monoisotopic (exact) mass is 610 g/mol. The minimum absolute atomic E-state index is 0.358. The Morgan fingerprint density at radius 2 is 1.27 bits per heavy atom. The Kier molecular flexibility index (Phi) is 6.24. The molecule has 0 aromatic heterocycles. The summed E-state index contributed by atoms with van der Waals surface area (Å²) in [4.78, 5) is 0. The lowest BCUT2D eigenvalue weighted by molar-refractivity contribution is 0.789. The molecule has 0 heteroatoms. The molecule has 0 radical (unpaired) electrons. The summed E-state index contributed by atoms with van der Waals surface area (Å²) in [7, 11) is 0. The van der Waals surface area contributed by atoms with E-state index in [1.807, 2.05) is 0 Å². The molecule has 0 N–H and O–H groups in total. The highest BCUT2D eigenvalue weighted by Gasteiger charge is 2.30.